The molecule has 0 bridgehead atoms. The van der Waals surface area contributed by atoms with Crippen molar-refractivity contribution < 1.29 is 4.79 Å². The average molecular weight is 162 g/mol. The van der Waals surface area contributed by atoms with Crippen molar-refractivity contribution in [3.8, 4) is 0 Å². The molecule has 3 heteroatoms. The number of aromatic nitrogens is 2. The molecule has 1 fully saturated rings. The third kappa shape index (κ3) is 1.67. The van der Waals surface area contributed by atoms with E-state index >= 15 is 0 Å². The molecule has 0 spiro atoms. The summed E-state index contributed by atoms with van der Waals surface area (Å²) in [4.78, 5) is 19.3. The van der Waals surface area contributed by atoms with Gasteiger partial charge in [0, 0.05) is 18.3 Å². The summed E-state index contributed by atoms with van der Waals surface area (Å²) in [5.74, 6) is 1.25. The van der Waals surface area contributed by atoms with Gasteiger partial charge in [-0.2, -0.15) is 0 Å². The quantitative estimate of drug-likeness (QED) is 0.665. The lowest BCUT2D eigenvalue weighted by Crippen LogP contribution is -2.07. The lowest BCUT2D eigenvalue weighted by molar-refractivity contribution is -0.119. The van der Waals surface area contributed by atoms with Gasteiger partial charge in [-0.05, 0) is 18.9 Å². The second kappa shape index (κ2) is 3.01. The highest BCUT2D eigenvalue weighted by Crippen LogP contribution is 2.30. The standard InChI is InChI=1S/C9H10N2O/c12-8(7-2-3-7)6-9-10-4-1-5-11-9/h1,4-5,7H,2-3,6H2. The Morgan fingerprint density at radius 3 is 2.67 bits per heavy atom. The summed E-state index contributed by atoms with van der Waals surface area (Å²) in [6.45, 7) is 0. The zero-order chi connectivity index (χ0) is 8.39. The first-order valence-corrected chi connectivity index (χ1v) is 4.15. The predicted octanol–water partition coefficient (Wildman–Crippen LogP) is 0.998. The molecule has 0 atom stereocenters. The van der Waals surface area contributed by atoms with Crippen LogP contribution < -0.4 is 0 Å². The van der Waals surface area contributed by atoms with E-state index in [0.717, 1.165) is 12.8 Å². The molecule has 12 heavy (non-hydrogen) atoms. The van der Waals surface area contributed by atoms with Crippen molar-refractivity contribution in [1.82, 2.24) is 9.97 Å². The monoisotopic (exact) mass is 162 g/mol. The van der Waals surface area contributed by atoms with Crippen LogP contribution in [0.3, 0.4) is 0 Å². The summed E-state index contributed by atoms with van der Waals surface area (Å²) in [5.41, 5.74) is 0. The van der Waals surface area contributed by atoms with Crippen molar-refractivity contribution >= 4 is 5.78 Å². The Bertz CT molecular complexity index is 280. The topological polar surface area (TPSA) is 42.9 Å². The van der Waals surface area contributed by atoms with Crippen LogP contribution in [0.2, 0.25) is 0 Å². The van der Waals surface area contributed by atoms with Crippen LogP contribution in [-0.4, -0.2) is 15.8 Å². The van der Waals surface area contributed by atoms with E-state index in [1.54, 1.807) is 18.5 Å². The highest BCUT2D eigenvalue weighted by atomic mass is 16.1. The summed E-state index contributed by atoms with van der Waals surface area (Å²) in [6.07, 6.45) is 5.87. The predicted molar refractivity (Wildman–Crippen MR) is 43.5 cm³/mol. The van der Waals surface area contributed by atoms with Crippen LogP contribution in [0.15, 0.2) is 18.5 Å². The van der Waals surface area contributed by atoms with Gasteiger partial charge in [0.25, 0.3) is 0 Å². The molecule has 1 aromatic rings. The highest BCUT2D eigenvalue weighted by molar-refractivity contribution is 5.84. The minimum atomic E-state index is 0.293. The van der Waals surface area contributed by atoms with Gasteiger partial charge in [-0.25, -0.2) is 9.97 Å². The number of nitrogens with zero attached hydrogens (tertiary/aromatic N) is 2. The van der Waals surface area contributed by atoms with Crippen LogP contribution in [0.1, 0.15) is 18.7 Å². The van der Waals surface area contributed by atoms with Crippen LogP contribution in [0.4, 0.5) is 0 Å². The van der Waals surface area contributed by atoms with Gasteiger partial charge < -0.3 is 0 Å². The number of carbonyl (C=O) groups is 1. The first-order valence-electron chi connectivity index (χ1n) is 4.15. The first kappa shape index (κ1) is 7.40. The fourth-order valence-corrected chi connectivity index (χ4v) is 1.13. The zero-order valence-corrected chi connectivity index (χ0v) is 6.73. The van der Waals surface area contributed by atoms with E-state index in [4.69, 9.17) is 0 Å². The molecule has 0 saturated heterocycles. The van der Waals surface area contributed by atoms with E-state index < -0.39 is 0 Å². The van der Waals surface area contributed by atoms with Gasteiger partial charge in [0.15, 0.2) is 0 Å². The molecule has 0 aromatic carbocycles. The van der Waals surface area contributed by atoms with Gasteiger partial charge in [0.2, 0.25) is 0 Å². The van der Waals surface area contributed by atoms with Gasteiger partial charge in [-0.1, -0.05) is 0 Å². The van der Waals surface area contributed by atoms with Crippen LogP contribution in [0, 0.1) is 5.92 Å². The van der Waals surface area contributed by atoms with Gasteiger partial charge >= 0.3 is 0 Å². The van der Waals surface area contributed by atoms with E-state index in [0.29, 0.717) is 23.9 Å². The number of carbonyl (C=O) groups excluding carboxylic acids is 1. The van der Waals surface area contributed by atoms with Crippen molar-refractivity contribution in [3.05, 3.63) is 24.3 Å². The van der Waals surface area contributed by atoms with Crippen LogP contribution >= 0.6 is 0 Å². The molecule has 2 rings (SSSR count). The zero-order valence-electron chi connectivity index (χ0n) is 6.73. The van der Waals surface area contributed by atoms with E-state index in [1.165, 1.54) is 0 Å². The van der Waals surface area contributed by atoms with E-state index in [9.17, 15) is 4.79 Å². The van der Waals surface area contributed by atoms with E-state index in [-0.39, 0.29) is 0 Å². The molecule has 1 aromatic heterocycles. The maximum Gasteiger partial charge on any atom is 0.143 e. The Kier molecular flexibility index (Phi) is 1.86. The summed E-state index contributed by atoms with van der Waals surface area (Å²) < 4.78 is 0. The molecule has 0 radical (unpaired) electrons. The Balaban J connectivity index is 1.98. The van der Waals surface area contributed by atoms with E-state index in [2.05, 4.69) is 9.97 Å². The Hall–Kier alpha value is -1.25. The number of Topliss-reactive ketones (excluding diaryl/α,β-unsaturated/α-hetero) is 1. The molecule has 1 heterocycles. The first-order chi connectivity index (χ1) is 5.86. The molecule has 62 valence electrons. The van der Waals surface area contributed by atoms with Crippen LogP contribution in [-0.2, 0) is 11.2 Å². The lowest BCUT2D eigenvalue weighted by atomic mass is 10.2. The van der Waals surface area contributed by atoms with Crippen molar-refractivity contribution in [1.29, 1.82) is 0 Å². The third-order valence-corrected chi connectivity index (χ3v) is 1.98. The molecule has 1 aliphatic carbocycles. The number of ketones is 1. The fraction of sp³-hybridized carbons (Fsp3) is 0.444. The molecule has 0 N–H and O–H groups in total. The van der Waals surface area contributed by atoms with Crippen molar-refractivity contribution in [3.63, 3.8) is 0 Å². The maximum atomic E-state index is 11.3. The smallest absolute Gasteiger partial charge is 0.143 e. The minimum absolute atomic E-state index is 0.293. The Labute approximate surface area is 70.9 Å². The number of hydrogen-bond acceptors (Lipinski definition) is 3. The molecular weight excluding hydrogens is 152 g/mol. The minimum Gasteiger partial charge on any atom is -0.299 e. The van der Waals surface area contributed by atoms with E-state index in [1.807, 2.05) is 0 Å². The molecule has 0 unspecified atom stereocenters. The molecular formula is C9H10N2O. The fourth-order valence-electron chi connectivity index (χ4n) is 1.13. The number of hydrogen-bond donors (Lipinski definition) is 0. The Morgan fingerprint density at radius 2 is 2.08 bits per heavy atom. The number of rotatable bonds is 3. The van der Waals surface area contributed by atoms with Crippen molar-refractivity contribution in [2.45, 2.75) is 19.3 Å². The average Bonchev–Trinajstić information content (AvgIpc) is 2.88. The van der Waals surface area contributed by atoms with Crippen LogP contribution in [0.5, 0.6) is 0 Å². The molecule has 1 saturated carbocycles. The van der Waals surface area contributed by atoms with Crippen LogP contribution in [0.25, 0.3) is 0 Å². The van der Waals surface area contributed by atoms with Gasteiger partial charge in [0.05, 0.1) is 6.42 Å². The Morgan fingerprint density at radius 1 is 1.42 bits per heavy atom. The molecule has 3 nitrogen and oxygen atoms in total. The van der Waals surface area contributed by atoms with Crippen molar-refractivity contribution in [2.75, 3.05) is 0 Å². The SMILES string of the molecule is O=C(Cc1ncccn1)C1CC1. The second-order valence-corrected chi connectivity index (χ2v) is 3.08. The van der Waals surface area contributed by atoms with Gasteiger partial charge in [-0.3, -0.25) is 4.79 Å². The summed E-state index contributed by atoms with van der Waals surface area (Å²) >= 11 is 0. The normalized spacial score (nSPS) is 16.0. The summed E-state index contributed by atoms with van der Waals surface area (Å²) in [6, 6.07) is 1.76. The maximum absolute atomic E-state index is 11.3. The van der Waals surface area contributed by atoms with Gasteiger partial charge in [-0.15, -0.1) is 0 Å². The second-order valence-electron chi connectivity index (χ2n) is 3.08. The summed E-state index contributed by atoms with van der Waals surface area (Å²) in [7, 11) is 0. The lowest BCUT2D eigenvalue weighted by Gasteiger charge is -1.95. The van der Waals surface area contributed by atoms with Crippen molar-refractivity contribution in [2.24, 2.45) is 5.92 Å². The summed E-state index contributed by atoms with van der Waals surface area (Å²) in [5, 5.41) is 0. The molecule has 1 aliphatic rings. The largest absolute Gasteiger partial charge is 0.299 e. The van der Waals surface area contributed by atoms with Gasteiger partial charge in [0.1, 0.15) is 11.6 Å². The highest BCUT2D eigenvalue weighted by Gasteiger charge is 2.29. The molecule has 0 aliphatic heterocycles. The third-order valence-electron chi connectivity index (χ3n) is 1.98. The molecule has 0 amide bonds.